The molecule has 0 aromatic carbocycles. The van der Waals surface area contributed by atoms with E-state index in [1.807, 2.05) is 0 Å². The molecule has 0 aliphatic heterocycles. The van der Waals surface area contributed by atoms with Gasteiger partial charge in [-0.3, -0.25) is 0 Å². The Kier molecular flexibility index (Phi) is 4.19. The maximum Gasteiger partial charge on any atom is 0.168 e. The monoisotopic (exact) mass is 271 g/mol. The van der Waals surface area contributed by atoms with Gasteiger partial charge in [-0.2, -0.15) is 0 Å². The number of halogens is 2. The molecule has 1 aliphatic rings. The first-order valence-corrected chi connectivity index (χ1v) is 6.49. The summed E-state index contributed by atoms with van der Waals surface area (Å²) in [6, 6.07) is 0.644. The van der Waals surface area contributed by atoms with Gasteiger partial charge in [-0.05, 0) is 12.8 Å². The van der Waals surface area contributed by atoms with Crippen molar-refractivity contribution in [3.05, 3.63) is 17.7 Å². The Morgan fingerprint density at radius 2 is 2.00 bits per heavy atom. The Morgan fingerprint density at radius 3 is 2.63 bits per heavy atom. The lowest BCUT2D eigenvalue weighted by Gasteiger charge is -2.36. The Morgan fingerprint density at radius 1 is 1.32 bits per heavy atom. The number of nitrogens with zero attached hydrogens (tertiary/aromatic N) is 2. The number of nitrogens with one attached hydrogen (secondary N) is 1. The van der Waals surface area contributed by atoms with Gasteiger partial charge in [0.2, 0.25) is 0 Å². The first-order valence-electron chi connectivity index (χ1n) is 6.49. The zero-order valence-electron chi connectivity index (χ0n) is 11.2. The lowest BCUT2D eigenvalue weighted by Crippen LogP contribution is -2.44. The topological polar surface area (TPSA) is 48.4 Å². The van der Waals surface area contributed by atoms with E-state index in [9.17, 15) is 13.9 Å². The van der Waals surface area contributed by atoms with E-state index in [1.165, 1.54) is 7.05 Å². The Hall–Kier alpha value is -1.43. The molecule has 19 heavy (non-hydrogen) atoms. The van der Waals surface area contributed by atoms with Crippen molar-refractivity contribution < 1.29 is 13.9 Å². The van der Waals surface area contributed by atoms with Gasteiger partial charge in [0.05, 0.1) is 12.1 Å². The molecule has 1 aromatic heterocycles. The average Bonchev–Trinajstić information content (AvgIpc) is 2.39. The zero-order valence-corrected chi connectivity index (χ0v) is 11.2. The first-order chi connectivity index (χ1) is 9.04. The molecule has 4 nitrogen and oxygen atoms in total. The van der Waals surface area contributed by atoms with Crippen molar-refractivity contribution in [2.24, 2.45) is 0 Å². The molecule has 1 aromatic rings. The first kappa shape index (κ1) is 14.0. The number of aromatic nitrogens is 1. The van der Waals surface area contributed by atoms with Crippen molar-refractivity contribution in [3.63, 3.8) is 0 Å². The van der Waals surface area contributed by atoms with Crippen molar-refractivity contribution in [3.8, 4) is 0 Å². The van der Waals surface area contributed by atoms with E-state index < -0.39 is 17.7 Å². The maximum atomic E-state index is 13.8. The van der Waals surface area contributed by atoms with Gasteiger partial charge in [-0.15, -0.1) is 0 Å². The molecular formula is C13H19F2N3O. The summed E-state index contributed by atoms with van der Waals surface area (Å²) in [5.41, 5.74) is 0. The number of hydrogen-bond acceptors (Lipinski definition) is 4. The van der Waals surface area contributed by atoms with E-state index in [-0.39, 0.29) is 17.7 Å². The maximum absolute atomic E-state index is 13.8. The highest BCUT2D eigenvalue weighted by atomic mass is 19.1. The number of rotatable bonds is 3. The molecule has 6 heteroatoms. The van der Waals surface area contributed by atoms with Crippen LogP contribution in [0, 0.1) is 11.6 Å². The second-order valence-corrected chi connectivity index (χ2v) is 4.90. The van der Waals surface area contributed by atoms with Crippen LogP contribution in [0.4, 0.5) is 20.4 Å². The quantitative estimate of drug-likeness (QED) is 0.884. The summed E-state index contributed by atoms with van der Waals surface area (Å²) < 4.78 is 27.2. The normalized spacial score (nSPS) is 23.2. The molecule has 1 aliphatic carbocycles. The number of aliphatic hydroxyl groups is 1. The molecule has 106 valence electrons. The van der Waals surface area contributed by atoms with Gasteiger partial charge in [-0.25, -0.2) is 13.8 Å². The van der Waals surface area contributed by atoms with Gasteiger partial charge in [0.1, 0.15) is 0 Å². The molecule has 2 atom stereocenters. The van der Waals surface area contributed by atoms with Crippen LogP contribution in [0.2, 0.25) is 0 Å². The summed E-state index contributed by atoms with van der Waals surface area (Å²) >= 11 is 0. The molecular weight excluding hydrogens is 252 g/mol. The lowest BCUT2D eigenvalue weighted by atomic mass is 9.91. The van der Waals surface area contributed by atoms with Crippen LogP contribution in [0.5, 0.6) is 0 Å². The molecule has 0 radical (unpaired) electrons. The molecule has 0 amide bonds. The lowest BCUT2D eigenvalue weighted by molar-refractivity contribution is 0.105. The van der Waals surface area contributed by atoms with Crippen LogP contribution < -0.4 is 10.2 Å². The largest absolute Gasteiger partial charge is 0.391 e. The third kappa shape index (κ3) is 2.78. The second kappa shape index (κ2) is 5.69. The summed E-state index contributed by atoms with van der Waals surface area (Å²) in [5.74, 6) is -1.36. The van der Waals surface area contributed by atoms with Gasteiger partial charge in [0, 0.05) is 20.2 Å². The van der Waals surface area contributed by atoms with Gasteiger partial charge in [0.15, 0.2) is 23.3 Å². The summed E-state index contributed by atoms with van der Waals surface area (Å²) in [5, 5.41) is 12.6. The Balaban J connectivity index is 2.29. The highest BCUT2D eigenvalue weighted by Gasteiger charge is 2.29. The average molecular weight is 271 g/mol. The third-order valence-electron chi connectivity index (χ3n) is 3.67. The van der Waals surface area contributed by atoms with Gasteiger partial charge in [-0.1, -0.05) is 12.8 Å². The minimum absolute atomic E-state index is 0.00792. The van der Waals surface area contributed by atoms with Crippen LogP contribution in [0.15, 0.2) is 6.07 Å². The predicted molar refractivity (Wildman–Crippen MR) is 70.4 cm³/mol. The van der Waals surface area contributed by atoms with E-state index in [4.69, 9.17) is 0 Å². The minimum atomic E-state index is -0.721. The Bertz CT molecular complexity index is 456. The van der Waals surface area contributed by atoms with Crippen LogP contribution in [0.25, 0.3) is 0 Å². The van der Waals surface area contributed by atoms with E-state index in [0.717, 1.165) is 25.3 Å². The fraction of sp³-hybridized carbons (Fsp3) is 0.615. The van der Waals surface area contributed by atoms with Crippen molar-refractivity contribution in [1.29, 1.82) is 0 Å². The number of likely N-dealkylation sites (N-methyl/N-ethyl adjacent to an activating group) is 1. The summed E-state index contributed by atoms with van der Waals surface area (Å²) in [7, 11) is 3.21. The SMILES string of the molecule is CNc1nc(N(C)C2CCCCC2O)c(F)cc1F. The van der Waals surface area contributed by atoms with Crippen LogP contribution in [0.3, 0.4) is 0 Å². The highest BCUT2D eigenvalue weighted by Crippen LogP contribution is 2.28. The molecule has 1 heterocycles. The molecule has 0 saturated heterocycles. The molecule has 0 bridgehead atoms. The van der Waals surface area contributed by atoms with Gasteiger partial charge in [0.25, 0.3) is 0 Å². The van der Waals surface area contributed by atoms with Crippen molar-refractivity contribution in [2.45, 2.75) is 37.8 Å². The molecule has 1 fully saturated rings. The number of anilines is 2. The van der Waals surface area contributed by atoms with E-state index in [0.29, 0.717) is 6.42 Å². The summed E-state index contributed by atoms with van der Waals surface area (Å²) in [6.45, 7) is 0. The fourth-order valence-electron chi connectivity index (χ4n) is 2.58. The van der Waals surface area contributed by atoms with E-state index in [2.05, 4.69) is 10.3 Å². The standard InChI is InChI=1S/C13H19F2N3O/c1-16-12-8(14)7-9(15)13(17-12)18(2)10-5-3-4-6-11(10)19/h7,10-11,19H,3-6H2,1-2H3,(H,16,17). The van der Waals surface area contributed by atoms with E-state index in [1.54, 1.807) is 11.9 Å². The summed E-state index contributed by atoms with van der Waals surface area (Å²) in [6.07, 6.45) is 2.96. The predicted octanol–water partition coefficient (Wildman–Crippen LogP) is 2.14. The number of hydrogen-bond donors (Lipinski definition) is 2. The van der Waals surface area contributed by atoms with Gasteiger partial charge < -0.3 is 15.3 Å². The van der Waals surface area contributed by atoms with Gasteiger partial charge >= 0.3 is 0 Å². The van der Waals surface area contributed by atoms with Crippen molar-refractivity contribution >= 4 is 11.6 Å². The van der Waals surface area contributed by atoms with Crippen LogP contribution in [0.1, 0.15) is 25.7 Å². The van der Waals surface area contributed by atoms with Crippen LogP contribution in [-0.2, 0) is 0 Å². The van der Waals surface area contributed by atoms with Crippen LogP contribution >= 0.6 is 0 Å². The molecule has 1 saturated carbocycles. The fourth-order valence-corrected chi connectivity index (χ4v) is 2.58. The highest BCUT2D eigenvalue weighted by molar-refractivity contribution is 5.49. The van der Waals surface area contributed by atoms with E-state index >= 15 is 0 Å². The summed E-state index contributed by atoms with van der Waals surface area (Å²) in [4.78, 5) is 5.56. The number of aliphatic hydroxyl groups excluding tert-OH is 1. The minimum Gasteiger partial charge on any atom is -0.391 e. The molecule has 2 rings (SSSR count). The second-order valence-electron chi connectivity index (χ2n) is 4.90. The molecule has 2 N–H and O–H groups in total. The smallest absolute Gasteiger partial charge is 0.168 e. The zero-order chi connectivity index (χ0) is 14.0. The Labute approximate surface area is 111 Å². The molecule has 2 unspecified atom stereocenters. The van der Waals surface area contributed by atoms with Crippen LogP contribution in [-0.4, -0.2) is 36.3 Å². The third-order valence-corrected chi connectivity index (χ3v) is 3.67. The van der Waals surface area contributed by atoms with Crippen molar-refractivity contribution in [2.75, 3.05) is 24.3 Å². The number of pyridine rings is 1. The molecule has 0 spiro atoms. The van der Waals surface area contributed by atoms with Crippen molar-refractivity contribution in [1.82, 2.24) is 4.98 Å².